The maximum Gasteiger partial charge on any atom is 0.236 e. The molecule has 100 valence electrons. The molecular formula is C12H21N5O. The molecule has 2 heterocycles. The molecule has 0 bridgehead atoms. The van der Waals surface area contributed by atoms with E-state index in [0.29, 0.717) is 5.92 Å². The van der Waals surface area contributed by atoms with Crippen LogP contribution in [0.25, 0.3) is 0 Å². The van der Waals surface area contributed by atoms with Gasteiger partial charge in [-0.25, -0.2) is 4.98 Å². The van der Waals surface area contributed by atoms with Gasteiger partial charge in [-0.1, -0.05) is 0 Å². The molecule has 18 heavy (non-hydrogen) atoms. The number of carbonyl (C=O) groups excluding carboxylic acids is 1. The van der Waals surface area contributed by atoms with E-state index in [1.165, 1.54) is 0 Å². The Balaban J connectivity index is 1.95. The van der Waals surface area contributed by atoms with Crippen LogP contribution in [-0.2, 0) is 17.8 Å². The molecule has 1 amide bonds. The van der Waals surface area contributed by atoms with Crippen LogP contribution in [0.4, 0.5) is 0 Å². The van der Waals surface area contributed by atoms with Crippen LogP contribution in [0.5, 0.6) is 0 Å². The van der Waals surface area contributed by atoms with Gasteiger partial charge >= 0.3 is 0 Å². The van der Waals surface area contributed by atoms with Crippen LogP contribution in [0.2, 0.25) is 0 Å². The van der Waals surface area contributed by atoms with Gasteiger partial charge in [-0.05, 0) is 32.2 Å². The molecule has 0 aromatic carbocycles. The Morgan fingerprint density at radius 2 is 2.50 bits per heavy atom. The lowest BCUT2D eigenvalue weighted by Crippen LogP contribution is -2.48. The number of amides is 1. The van der Waals surface area contributed by atoms with Gasteiger partial charge in [0.25, 0.3) is 0 Å². The summed E-state index contributed by atoms with van der Waals surface area (Å²) in [5.41, 5.74) is 0. The fourth-order valence-electron chi connectivity index (χ4n) is 2.52. The van der Waals surface area contributed by atoms with Gasteiger partial charge in [0, 0.05) is 20.0 Å². The Morgan fingerprint density at radius 1 is 1.67 bits per heavy atom. The van der Waals surface area contributed by atoms with Crippen molar-refractivity contribution in [2.45, 2.75) is 38.8 Å². The lowest BCUT2D eigenvalue weighted by molar-refractivity contribution is -0.123. The maximum absolute atomic E-state index is 11.6. The Morgan fingerprint density at radius 3 is 3.22 bits per heavy atom. The highest BCUT2D eigenvalue weighted by Crippen LogP contribution is 2.20. The van der Waals surface area contributed by atoms with Gasteiger partial charge < -0.3 is 10.6 Å². The molecule has 2 rings (SSSR count). The third kappa shape index (κ3) is 2.87. The molecule has 0 radical (unpaired) electrons. The van der Waals surface area contributed by atoms with Gasteiger partial charge in [0.1, 0.15) is 12.2 Å². The summed E-state index contributed by atoms with van der Waals surface area (Å²) in [6, 6.07) is -0.0632. The molecule has 0 spiro atoms. The minimum Gasteiger partial charge on any atom is -0.358 e. The summed E-state index contributed by atoms with van der Waals surface area (Å²) in [7, 11) is 1.68. The Kier molecular flexibility index (Phi) is 4.30. The number of likely N-dealkylation sites (N-methyl/N-ethyl adjacent to an activating group) is 1. The van der Waals surface area contributed by atoms with Crippen molar-refractivity contribution in [3.05, 3.63) is 12.2 Å². The first-order chi connectivity index (χ1) is 8.74. The number of carbonyl (C=O) groups is 1. The first-order valence-electron chi connectivity index (χ1n) is 6.56. The summed E-state index contributed by atoms with van der Waals surface area (Å²) in [6.07, 6.45) is 4.47. The van der Waals surface area contributed by atoms with Crippen molar-refractivity contribution in [3.8, 4) is 0 Å². The second-order valence-electron chi connectivity index (χ2n) is 4.71. The van der Waals surface area contributed by atoms with E-state index < -0.39 is 0 Å². The molecule has 1 aliphatic heterocycles. The number of aromatic nitrogens is 3. The van der Waals surface area contributed by atoms with Crippen molar-refractivity contribution in [1.82, 2.24) is 25.4 Å². The van der Waals surface area contributed by atoms with Crippen molar-refractivity contribution >= 4 is 5.91 Å². The summed E-state index contributed by atoms with van der Waals surface area (Å²) in [4.78, 5) is 15.9. The molecule has 1 saturated heterocycles. The van der Waals surface area contributed by atoms with Crippen LogP contribution in [-0.4, -0.2) is 40.3 Å². The van der Waals surface area contributed by atoms with Crippen LogP contribution in [0.1, 0.15) is 25.6 Å². The van der Waals surface area contributed by atoms with E-state index in [2.05, 4.69) is 27.6 Å². The van der Waals surface area contributed by atoms with Crippen LogP contribution < -0.4 is 10.6 Å². The van der Waals surface area contributed by atoms with E-state index >= 15 is 0 Å². The predicted molar refractivity (Wildman–Crippen MR) is 68.0 cm³/mol. The molecule has 2 atom stereocenters. The van der Waals surface area contributed by atoms with E-state index in [1.54, 1.807) is 13.4 Å². The van der Waals surface area contributed by atoms with Crippen LogP contribution in [0, 0.1) is 5.92 Å². The smallest absolute Gasteiger partial charge is 0.236 e. The average molecular weight is 251 g/mol. The summed E-state index contributed by atoms with van der Waals surface area (Å²) in [5.74, 6) is 1.61. The van der Waals surface area contributed by atoms with Gasteiger partial charge in [0.05, 0.1) is 6.04 Å². The highest BCUT2D eigenvalue weighted by molar-refractivity contribution is 5.81. The lowest BCUT2D eigenvalue weighted by atomic mass is 9.89. The zero-order chi connectivity index (χ0) is 13.0. The zero-order valence-electron chi connectivity index (χ0n) is 11.0. The van der Waals surface area contributed by atoms with Crippen LogP contribution in [0.3, 0.4) is 0 Å². The lowest BCUT2D eigenvalue weighted by Gasteiger charge is -2.28. The van der Waals surface area contributed by atoms with Crippen molar-refractivity contribution in [2.24, 2.45) is 5.92 Å². The third-order valence-corrected chi connectivity index (χ3v) is 3.54. The van der Waals surface area contributed by atoms with Crippen molar-refractivity contribution in [3.63, 3.8) is 0 Å². The number of hydrogen-bond donors (Lipinski definition) is 2. The second-order valence-corrected chi connectivity index (χ2v) is 4.71. The maximum atomic E-state index is 11.6. The molecule has 1 aliphatic rings. The molecule has 0 saturated carbocycles. The molecule has 6 heteroatoms. The Bertz CT molecular complexity index is 403. The van der Waals surface area contributed by atoms with Crippen molar-refractivity contribution < 1.29 is 4.79 Å². The SMILES string of the molecule is CCn1ncnc1CC1CCNC(C(=O)NC)C1. The highest BCUT2D eigenvalue weighted by Gasteiger charge is 2.27. The number of nitrogens with one attached hydrogen (secondary N) is 2. The highest BCUT2D eigenvalue weighted by atomic mass is 16.2. The van der Waals surface area contributed by atoms with Crippen molar-refractivity contribution in [2.75, 3.05) is 13.6 Å². The standard InChI is InChI=1S/C12H21N5O/c1-3-17-11(15-8-16-17)7-9-4-5-14-10(6-9)12(18)13-2/h8-10,14H,3-7H2,1-2H3,(H,13,18). The fourth-order valence-corrected chi connectivity index (χ4v) is 2.52. The van der Waals surface area contributed by atoms with Crippen molar-refractivity contribution in [1.29, 1.82) is 0 Å². The third-order valence-electron chi connectivity index (χ3n) is 3.54. The molecule has 2 unspecified atom stereocenters. The van der Waals surface area contributed by atoms with E-state index in [9.17, 15) is 4.79 Å². The predicted octanol–water partition coefficient (Wildman–Crippen LogP) is -0.0453. The first-order valence-corrected chi connectivity index (χ1v) is 6.56. The Hall–Kier alpha value is -1.43. The minimum absolute atomic E-state index is 0.0632. The summed E-state index contributed by atoms with van der Waals surface area (Å²) in [5, 5.41) is 10.1. The van der Waals surface area contributed by atoms with E-state index in [-0.39, 0.29) is 11.9 Å². The molecule has 1 aromatic rings. The quantitative estimate of drug-likeness (QED) is 0.787. The van der Waals surface area contributed by atoms with Gasteiger partial charge in [0.15, 0.2) is 0 Å². The molecule has 1 aromatic heterocycles. The molecule has 1 fully saturated rings. The zero-order valence-corrected chi connectivity index (χ0v) is 11.0. The largest absolute Gasteiger partial charge is 0.358 e. The monoisotopic (exact) mass is 251 g/mol. The Labute approximate surface area is 107 Å². The first kappa shape index (κ1) is 13.0. The van der Waals surface area contributed by atoms with E-state index in [0.717, 1.165) is 38.2 Å². The summed E-state index contributed by atoms with van der Waals surface area (Å²) in [6.45, 7) is 3.80. The van der Waals surface area contributed by atoms with E-state index in [4.69, 9.17) is 0 Å². The van der Waals surface area contributed by atoms with E-state index in [1.807, 2.05) is 4.68 Å². The molecule has 6 nitrogen and oxygen atoms in total. The second kappa shape index (κ2) is 5.95. The topological polar surface area (TPSA) is 71.8 Å². The number of rotatable bonds is 4. The average Bonchev–Trinajstić information content (AvgIpc) is 2.85. The fraction of sp³-hybridized carbons (Fsp3) is 0.750. The van der Waals surface area contributed by atoms with Gasteiger partial charge in [-0.2, -0.15) is 5.10 Å². The molecule has 0 aliphatic carbocycles. The van der Waals surface area contributed by atoms with Gasteiger partial charge in [-0.15, -0.1) is 0 Å². The molecule has 2 N–H and O–H groups in total. The normalized spacial score (nSPS) is 23.9. The number of hydrogen-bond acceptors (Lipinski definition) is 4. The number of piperidine rings is 1. The van der Waals surface area contributed by atoms with Gasteiger partial charge in [-0.3, -0.25) is 9.48 Å². The summed E-state index contributed by atoms with van der Waals surface area (Å²) < 4.78 is 1.93. The molecular weight excluding hydrogens is 230 g/mol. The summed E-state index contributed by atoms with van der Waals surface area (Å²) >= 11 is 0. The number of nitrogens with zero attached hydrogens (tertiary/aromatic N) is 3. The minimum atomic E-state index is -0.0632. The number of aryl methyl sites for hydroxylation is 1. The van der Waals surface area contributed by atoms with Crippen LogP contribution >= 0.6 is 0 Å². The van der Waals surface area contributed by atoms with Crippen LogP contribution in [0.15, 0.2) is 6.33 Å². The van der Waals surface area contributed by atoms with Gasteiger partial charge in [0.2, 0.25) is 5.91 Å².